The lowest BCUT2D eigenvalue weighted by Gasteiger charge is -2.23. The van der Waals surface area contributed by atoms with Crippen molar-refractivity contribution in [3.63, 3.8) is 0 Å². The van der Waals surface area contributed by atoms with Gasteiger partial charge in [-0.05, 0) is 38.7 Å². The van der Waals surface area contributed by atoms with Crippen LogP contribution in [0.5, 0.6) is 11.5 Å². The number of guanidine groups is 1. The van der Waals surface area contributed by atoms with Gasteiger partial charge in [-0.25, -0.2) is 0 Å². The zero-order valence-electron chi connectivity index (χ0n) is 16.2. The number of nitrogens with zero attached hydrogens (tertiary/aromatic N) is 2. The van der Waals surface area contributed by atoms with E-state index < -0.39 is 0 Å². The second-order valence-electron chi connectivity index (χ2n) is 6.95. The number of fused-ring (bicyclic) bond motifs is 1. The van der Waals surface area contributed by atoms with Crippen LogP contribution in [-0.4, -0.2) is 44.7 Å². The van der Waals surface area contributed by atoms with Gasteiger partial charge in [-0.15, -0.1) is 0 Å². The lowest BCUT2D eigenvalue weighted by molar-refractivity contribution is 0.297. The molecule has 1 aliphatic heterocycles. The van der Waals surface area contributed by atoms with Crippen LogP contribution >= 0.6 is 0 Å². The minimum Gasteiger partial charge on any atom is -0.490 e. The molecule has 0 saturated carbocycles. The van der Waals surface area contributed by atoms with E-state index in [2.05, 4.69) is 46.4 Å². The molecule has 3 rings (SSSR count). The highest BCUT2D eigenvalue weighted by atomic mass is 16.5. The highest BCUT2D eigenvalue weighted by Gasteiger charge is 2.14. The monoisotopic (exact) mass is 368 g/mol. The van der Waals surface area contributed by atoms with Crippen molar-refractivity contribution in [3.8, 4) is 11.5 Å². The molecule has 0 fully saturated rings. The molecule has 1 unspecified atom stereocenters. The van der Waals surface area contributed by atoms with E-state index in [1.807, 2.05) is 32.3 Å². The first-order chi connectivity index (χ1) is 13.0. The number of anilines is 1. The lowest BCUT2D eigenvalue weighted by atomic mass is 10.0. The minimum absolute atomic E-state index is 0.162. The van der Waals surface area contributed by atoms with E-state index in [0.29, 0.717) is 25.7 Å². The van der Waals surface area contributed by atoms with Gasteiger partial charge < -0.3 is 25.4 Å². The van der Waals surface area contributed by atoms with Crippen LogP contribution in [0.25, 0.3) is 0 Å². The van der Waals surface area contributed by atoms with E-state index in [-0.39, 0.29) is 6.04 Å². The molecule has 0 bridgehead atoms. The number of likely N-dealkylation sites (N-methyl/N-ethyl adjacent to an activating group) is 1. The molecule has 6 nitrogen and oxygen atoms in total. The van der Waals surface area contributed by atoms with Gasteiger partial charge in [0.1, 0.15) is 0 Å². The quantitative estimate of drug-likeness (QED) is 0.626. The van der Waals surface area contributed by atoms with Crippen molar-refractivity contribution in [2.75, 3.05) is 39.2 Å². The van der Waals surface area contributed by atoms with Crippen molar-refractivity contribution in [2.24, 2.45) is 10.7 Å². The molecule has 2 aromatic rings. The predicted molar refractivity (Wildman–Crippen MR) is 110 cm³/mol. The van der Waals surface area contributed by atoms with Gasteiger partial charge in [-0.1, -0.05) is 29.8 Å². The lowest BCUT2D eigenvalue weighted by Crippen LogP contribution is -2.27. The maximum absolute atomic E-state index is 6.11. The molecule has 0 radical (unpaired) electrons. The smallest absolute Gasteiger partial charge is 0.193 e. The Morgan fingerprint density at radius 1 is 1.11 bits per heavy atom. The Kier molecular flexibility index (Phi) is 6.19. The number of aryl methyl sites for hydroxylation is 1. The zero-order valence-corrected chi connectivity index (χ0v) is 16.2. The number of rotatable bonds is 5. The molecule has 6 heteroatoms. The largest absolute Gasteiger partial charge is 0.490 e. The zero-order chi connectivity index (χ0) is 19.2. The van der Waals surface area contributed by atoms with Gasteiger partial charge in [-0.2, -0.15) is 0 Å². The molecule has 1 heterocycles. The first-order valence-electron chi connectivity index (χ1n) is 9.22. The number of hydrogen-bond donors (Lipinski definition) is 2. The Bertz CT molecular complexity index is 787. The van der Waals surface area contributed by atoms with Gasteiger partial charge in [0.25, 0.3) is 0 Å². The summed E-state index contributed by atoms with van der Waals surface area (Å²) in [6.07, 6.45) is 0.881. The number of nitrogens with one attached hydrogen (secondary N) is 1. The summed E-state index contributed by atoms with van der Waals surface area (Å²) in [6.45, 7) is 3.98. The molecule has 0 aliphatic carbocycles. The molecular weight excluding hydrogens is 340 g/mol. The van der Waals surface area contributed by atoms with Crippen LogP contribution in [0.15, 0.2) is 47.5 Å². The Morgan fingerprint density at radius 3 is 2.52 bits per heavy atom. The van der Waals surface area contributed by atoms with Crippen LogP contribution in [0.2, 0.25) is 0 Å². The van der Waals surface area contributed by atoms with E-state index in [9.17, 15) is 0 Å². The molecule has 144 valence electrons. The molecule has 27 heavy (non-hydrogen) atoms. The fourth-order valence-corrected chi connectivity index (χ4v) is 2.97. The predicted octanol–water partition coefficient (Wildman–Crippen LogP) is 3.19. The van der Waals surface area contributed by atoms with Crippen molar-refractivity contribution in [3.05, 3.63) is 53.6 Å². The van der Waals surface area contributed by atoms with E-state index in [1.165, 1.54) is 11.1 Å². The van der Waals surface area contributed by atoms with Gasteiger partial charge in [0.2, 0.25) is 0 Å². The van der Waals surface area contributed by atoms with Gasteiger partial charge in [-0.3, -0.25) is 4.99 Å². The Hall–Kier alpha value is -2.73. The third-order valence-corrected chi connectivity index (χ3v) is 4.54. The fourth-order valence-electron chi connectivity index (χ4n) is 2.97. The molecule has 0 saturated heterocycles. The first-order valence-corrected chi connectivity index (χ1v) is 9.22. The molecule has 3 N–H and O–H groups in total. The average Bonchev–Trinajstić information content (AvgIpc) is 2.88. The van der Waals surface area contributed by atoms with Crippen LogP contribution < -0.4 is 20.5 Å². The van der Waals surface area contributed by atoms with Gasteiger partial charge in [0.15, 0.2) is 17.5 Å². The maximum atomic E-state index is 6.11. The van der Waals surface area contributed by atoms with Crippen molar-refractivity contribution >= 4 is 11.6 Å². The maximum Gasteiger partial charge on any atom is 0.193 e. The normalized spacial score (nSPS) is 15.3. The van der Waals surface area contributed by atoms with Gasteiger partial charge in [0.05, 0.1) is 25.8 Å². The average molecular weight is 368 g/mol. The second-order valence-corrected chi connectivity index (χ2v) is 6.95. The molecule has 0 aromatic heterocycles. The topological polar surface area (TPSA) is 72.1 Å². The van der Waals surface area contributed by atoms with Crippen molar-refractivity contribution < 1.29 is 9.47 Å². The number of ether oxygens (including phenoxy) is 2. The van der Waals surface area contributed by atoms with Crippen molar-refractivity contribution in [1.29, 1.82) is 0 Å². The molecule has 1 aliphatic rings. The summed E-state index contributed by atoms with van der Waals surface area (Å²) in [4.78, 5) is 6.69. The fraction of sp³-hybridized carbons (Fsp3) is 0.381. The summed E-state index contributed by atoms with van der Waals surface area (Å²) >= 11 is 0. The third kappa shape index (κ3) is 5.14. The first kappa shape index (κ1) is 19.0. The second kappa shape index (κ2) is 8.77. The van der Waals surface area contributed by atoms with E-state index >= 15 is 0 Å². The standard InChI is InChI=1S/C21H28N4O2/c1-15-5-7-16(8-6-15)18(25(2)3)14-23-21(22)24-17-9-10-19-20(13-17)27-12-4-11-26-19/h5-10,13,18H,4,11-12,14H2,1-3H3,(H3,22,23,24). The summed E-state index contributed by atoms with van der Waals surface area (Å²) < 4.78 is 11.4. The van der Waals surface area contributed by atoms with Crippen LogP contribution in [0.1, 0.15) is 23.6 Å². The van der Waals surface area contributed by atoms with E-state index in [0.717, 1.165) is 23.6 Å². The Labute approximate surface area is 161 Å². The number of benzene rings is 2. The molecule has 1 atom stereocenters. The highest BCUT2D eigenvalue weighted by molar-refractivity contribution is 5.92. The summed E-state index contributed by atoms with van der Waals surface area (Å²) in [5.41, 5.74) is 9.41. The summed E-state index contributed by atoms with van der Waals surface area (Å²) in [6, 6.07) is 14.4. The van der Waals surface area contributed by atoms with Crippen LogP contribution in [0, 0.1) is 6.92 Å². The number of hydrogen-bond acceptors (Lipinski definition) is 4. The number of nitrogens with two attached hydrogens (primary N) is 1. The van der Waals surface area contributed by atoms with Crippen molar-refractivity contribution in [1.82, 2.24) is 4.90 Å². The molecule has 0 amide bonds. The molecule has 0 spiro atoms. The van der Waals surface area contributed by atoms with Crippen LogP contribution in [-0.2, 0) is 0 Å². The van der Waals surface area contributed by atoms with E-state index in [4.69, 9.17) is 15.2 Å². The molecule has 2 aromatic carbocycles. The summed E-state index contributed by atoms with van der Waals surface area (Å²) in [5.74, 6) is 1.88. The number of aliphatic imine (C=N–C) groups is 1. The van der Waals surface area contributed by atoms with Crippen molar-refractivity contribution in [2.45, 2.75) is 19.4 Å². The minimum atomic E-state index is 0.162. The summed E-state index contributed by atoms with van der Waals surface area (Å²) in [5, 5.41) is 3.14. The Balaban J connectivity index is 1.67. The van der Waals surface area contributed by atoms with E-state index in [1.54, 1.807) is 0 Å². The highest BCUT2D eigenvalue weighted by Crippen LogP contribution is 2.32. The summed E-state index contributed by atoms with van der Waals surface area (Å²) in [7, 11) is 4.10. The van der Waals surface area contributed by atoms with Crippen LogP contribution in [0.3, 0.4) is 0 Å². The SMILES string of the molecule is Cc1ccc(C(CN=C(N)Nc2ccc3c(c2)OCCCO3)N(C)C)cc1. The third-order valence-electron chi connectivity index (χ3n) is 4.54. The Morgan fingerprint density at radius 2 is 1.81 bits per heavy atom. The van der Waals surface area contributed by atoms with Crippen LogP contribution in [0.4, 0.5) is 5.69 Å². The molecular formula is C21H28N4O2. The van der Waals surface area contributed by atoms with Gasteiger partial charge >= 0.3 is 0 Å². The van der Waals surface area contributed by atoms with Gasteiger partial charge in [0, 0.05) is 18.2 Å².